The predicted molar refractivity (Wildman–Crippen MR) is 143 cm³/mol. The van der Waals surface area contributed by atoms with Gasteiger partial charge >= 0.3 is 0 Å². The Kier molecular flexibility index (Phi) is 6.72. The quantitative estimate of drug-likeness (QED) is 0.326. The first kappa shape index (κ1) is 25.0. The number of fused-ring (bicyclic) bond motifs is 1. The van der Waals surface area contributed by atoms with Crippen LogP contribution in [0.1, 0.15) is 44.6 Å². The van der Waals surface area contributed by atoms with Crippen molar-refractivity contribution >= 4 is 28.4 Å². The predicted octanol–water partition coefficient (Wildman–Crippen LogP) is 6.15. The van der Waals surface area contributed by atoms with Crippen molar-refractivity contribution in [3.8, 4) is 11.3 Å². The molecule has 1 atom stereocenters. The monoisotopic (exact) mass is 503 g/mol. The summed E-state index contributed by atoms with van der Waals surface area (Å²) in [4.78, 5) is 19.7. The van der Waals surface area contributed by atoms with Crippen molar-refractivity contribution in [2.24, 2.45) is 5.92 Å². The van der Waals surface area contributed by atoms with Gasteiger partial charge in [0.05, 0.1) is 11.7 Å². The van der Waals surface area contributed by atoms with Crippen LogP contribution >= 0.6 is 0 Å². The molecular weight excluding hydrogens is 472 g/mol. The average Bonchev–Trinajstić information content (AvgIpc) is 3.49. The summed E-state index contributed by atoms with van der Waals surface area (Å²) < 4.78 is 31.7. The van der Waals surface area contributed by atoms with Gasteiger partial charge in [-0.25, -0.2) is 28.7 Å². The summed E-state index contributed by atoms with van der Waals surface area (Å²) in [6, 6.07) is 6.84. The number of imidazole rings is 1. The van der Waals surface area contributed by atoms with Crippen LogP contribution in [0, 0.1) is 24.5 Å². The van der Waals surface area contributed by atoms with Crippen LogP contribution in [0.15, 0.2) is 43.2 Å². The SMILES string of the molecule is C=C(c1ccc(Nc2ncc(F)c(-c3cc(F)c4nc(C)n(C(C)C)c4c3)n2)nc1)[C@H]1CCN(CC)C1. The summed E-state index contributed by atoms with van der Waals surface area (Å²) in [5.41, 5.74) is 3.25. The molecule has 5 rings (SSSR count). The van der Waals surface area contributed by atoms with E-state index in [4.69, 9.17) is 0 Å². The standard InChI is InChI=1S/C28H31F2N7/c1-6-36-10-9-20(15-36)17(4)19-7-8-25(31-13-19)34-28-32-14-23(30)26(35-28)21-11-22(29)27-24(12-21)37(16(2)3)18(5)33-27/h7-8,11-14,16,20H,4,6,9-10,15H2,1-3,5H3,(H,31,32,34,35)/t20-/m0/s1. The Balaban J connectivity index is 1.40. The fraction of sp³-hybridized carbons (Fsp3) is 0.357. The van der Waals surface area contributed by atoms with Gasteiger partial charge in [0.15, 0.2) is 11.6 Å². The molecule has 3 aromatic heterocycles. The van der Waals surface area contributed by atoms with Gasteiger partial charge in [0.1, 0.15) is 22.9 Å². The molecule has 1 saturated heterocycles. The third-order valence-corrected chi connectivity index (χ3v) is 7.05. The van der Waals surface area contributed by atoms with Crippen molar-refractivity contribution in [1.29, 1.82) is 0 Å². The lowest BCUT2D eigenvalue weighted by atomic mass is 9.94. The van der Waals surface area contributed by atoms with Gasteiger partial charge in [-0.1, -0.05) is 13.5 Å². The first-order valence-electron chi connectivity index (χ1n) is 12.6. The number of hydrogen-bond donors (Lipinski definition) is 1. The lowest BCUT2D eigenvalue weighted by Crippen LogP contribution is -2.20. The van der Waals surface area contributed by atoms with E-state index >= 15 is 0 Å². The van der Waals surface area contributed by atoms with Gasteiger partial charge in [0, 0.05) is 24.3 Å². The summed E-state index contributed by atoms with van der Waals surface area (Å²) in [7, 11) is 0. The van der Waals surface area contributed by atoms with Gasteiger partial charge < -0.3 is 14.8 Å². The number of nitrogens with zero attached hydrogens (tertiary/aromatic N) is 6. The molecule has 1 aliphatic heterocycles. The Labute approximate surface area is 215 Å². The Morgan fingerprint density at radius 3 is 2.62 bits per heavy atom. The number of hydrogen-bond acceptors (Lipinski definition) is 6. The maximum Gasteiger partial charge on any atom is 0.229 e. The molecule has 7 nitrogen and oxygen atoms in total. The number of aromatic nitrogens is 5. The van der Waals surface area contributed by atoms with Crippen molar-refractivity contribution < 1.29 is 8.78 Å². The third kappa shape index (κ3) is 4.83. The molecule has 192 valence electrons. The highest BCUT2D eigenvalue weighted by Crippen LogP contribution is 2.32. The molecule has 1 aliphatic rings. The Hall–Kier alpha value is -3.72. The van der Waals surface area contributed by atoms with Gasteiger partial charge in [0.25, 0.3) is 0 Å². The first-order valence-corrected chi connectivity index (χ1v) is 12.6. The Bertz CT molecular complexity index is 1460. The number of rotatable bonds is 7. The molecule has 0 radical (unpaired) electrons. The topological polar surface area (TPSA) is 71.8 Å². The lowest BCUT2D eigenvalue weighted by molar-refractivity contribution is 0.352. The highest BCUT2D eigenvalue weighted by Gasteiger charge is 2.24. The van der Waals surface area contributed by atoms with Gasteiger partial charge in [-0.05, 0) is 81.6 Å². The van der Waals surface area contributed by atoms with Crippen molar-refractivity contribution in [3.63, 3.8) is 0 Å². The molecular formula is C28H31F2N7. The fourth-order valence-electron chi connectivity index (χ4n) is 5.10. The van der Waals surface area contributed by atoms with E-state index in [-0.39, 0.29) is 23.2 Å². The van der Waals surface area contributed by atoms with E-state index in [1.54, 1.807) is 12.3 Å². The van der Waals surface area contributed by atoms with Gasteiger partial charge in [-0.15, -0.1) is 0 Å². The van der Waals surface area contributed by atoms with Gasteiger partial charge in [-0.3, -0.25) is 0 Å². The number of pyridine rings is 1. The highest BCUT2D eigenvalue weighted by molar-refractivity contribution is 5.83. The maximum atomic E-state index is 14.9. The molecule has 1 aromatic carbocycles. The molecule has 37 heavy (non-hydrogen) atoms. The maximum absolute atomic E-state index is 14.9. The van der Waals surface area contributed by atoms with E-state index in [2.05, 4.69) is 43.7 Å². The molecule has 4 heterocycles. The number of aryl methyl sites for hydroxylation is 1. The van der Waals surface area contributed by atoms with Crippen LogP contribution in [0.2, 0.25) is 0 Å². The third-order valence-electron chi connectivity index (χ3n) is 7.05. The molecule has 0 spiro atoms. The average molecular weight is 504 g/mol. The summed E-state index contributed by atoms with van der Waals surface area (Å²) in [5.74, 6) is 0.638. The first-order chi connectivity index (χ1) is 17.7. The molecule has 0 aliphatic carbocycles. The van der Waals surface area contributed by atoms with E-state index in [1.165, 1.54) is 6.07 Å². The molecule has 1 N–H and O–H groups in total. The zero-order valence-corrected chi connectivity index (χ0v) is 21.6. The number of benzene rings is 1. The second-order valence-electron chi connectivity index (χ2n) is 9.80. The number of likely N-dealkylation sites (tertiary alicyclic amines) is 1. The van der Waals surface area contributed by atoms with Gasteiger partial charge in [-0.2, -0.15) is 0 Å². The van der Waals surface area contributed by atoms with Crippen LogP contribution in [0.25, 0.3) is 27.9 Å². The van der Waals surface area contributed by atoms with E-state index < -0.39 is 11.6 Å². The number of anilines is 2. The highest BCUT2D eigenvalue weighted by atomic mass is 19.1. The van der Waals surface area contributed by atoms with Crippen LogP contribution in [0.5, 0.6) is 0 Å². The largest absolute Gasteiger partial charge is 0.326 e. The Morgan fingerprint density at radius 2 is 1.95 bits per heavy atom. The van der Waals surface area contributed by atoms with E-state index in [9.17, 15) is 8.78 Å². The molecule has 4 aromatic rings. The van der Waals surface area contributed by atoms with Crippen molar-refractivity contribution in [3.05, 3.63) is 66.3 Å². The smallest absolute Gasteiger partial charge is 0.229 e. The molecule has 0 saturated carbocycles. The molecule has 0 amide bonds. The van der Waals surface area contributed by atoms with Crippen molar-refractivity contribution in [2.45, 2.75) is 40.2 Å². The van der Waals surface area contributed by atoms with E-state index in [0.717, 1.165) is 43.4 Å². The van der Waals surface area contributed by atoms with E-state index in [0.29, 0.717) is 28.6 Å². The van der Waals surface area contributed by atoms with E-state index in [1.807, 2.05) is 37.5 Å². The summed E-state index contributed by atoms with van der Waals surface area (Å²) >= 11 is 0. The summed E-state index contributed by atoms with van der Waals surface area (Å²) in [6.45, 7) is 15.4. The van der Waals surface area contributed by atoms with Crippen molar-refractivity contribution in [2.75, 3.05) is 25.0 Å². The number of halogens is 2. The number of nitrogens with one attached hydrogen (secondary N) is 1. The zero-order valence-electron chi connectivity index (χ0n) is 21.6. The molecule has 9 heteroatoms. The second-order valence-corrected chi connectivity index (χ2v) is 9.80. The lowest BCUT2D eigenvalue weighted by Gasteiger charge is -2.15. The minimum absolute atomic E-state index is 0.000770. The molecule has 0 unspecified atom stereocenters. The van der Waals surface area contributed by atoms with Crippen LogP contribution in [0.3, 0.4) is 0 Å². The minimum atomic E-state index is -0.645. The zero-order chi connectivity index (χ0) is 26.3. The minimum Gasteiger partial charge on any atom is -0.326 e. The van der Waals surface area contributed by atoms with Crippen LogP contribution in [0.4, 0.5) is 20.5 Å². The normalized spacial score (nSPS) is 16.1. The molecule has 0 bridgehead atoms. The Morgan fingerprint density at radius 1 is 1.14 bits per heavy atom. The van der Waals surface area contributed by atoms with Crippen LogP contribution < -0.4 is 5.32 Å². The van der Waals surface area contributed by atoms with Crippen LogP contribution in [-0.2, 0) is 0 Å². The second kappa shape index (κ2) is 9.97. The van der Waals surface area contributed by atoms with Crippen molar-refractivity contribution in [1.82, 2.24) is 29.4 Å². The summed E-state index contributed by atoms with van der Waals surface area (Å²) in [6.07, 6.45) is 3.96. The summed E-state index contributed by atoms with van der Waals surface area (Å²) in [5, 5.41) is 3.03. The van der Waals surface area contributed by atoms with Gasteiger partial charge in [0.2, 0.25) is 5.95 Å². The van der Waals surface area contributed by atoms with Crippen LogP contribution in [-0.4, -0.2) is 49.0 Å². The molecule has 1 fully saturated rings. The fourth-order valence-corrected chi connectivity index (χ4v) is 5.10.